The molecule has 0 fully saturated rings. The molecule has 0 aliphatic rings. The van der Waals surface area contributed by atoms with Crippen LogP contribution in [0.1, 0.15) is 64.9 Å². The molecule has 0 heterocycles. The van der Waals surface area contributed by atoms with E-state index in [9.17, 15) is 9.59 Å². The molecule has 0 amide bonds. The van der Waals surface area contributed by atoms with Crippen LogP contribution in [0.25, 0.3) is 21.5 Å². The fourth-order valence-corrected chi connectivity index (χ4v) is 3.79. The van der Waals surface area contributed by atoms with Crippen LogP contribution in [0.2, 0.25) is 0 Å². The minimum absolute atomic E-state index is 0.343. The van der Waals surface area contributed by atoms with E-state index in [-0.39, 0.29) is 0 Å². The third kappa shape index (κ3) is 7.11. The van der Waals surface area contributed by atoms with Crippen LogP contribution in [0.4, 0.5) is 9.59 Å². The van der Waals surface area contributed by atoms with E-state index in [1.807, 2.05) is 49.4 Å². The van der Waals surface area contributed by atoms with Crippen molar-refractivity contribution in [2.24, 2.45) is 0 Å². The fourth-order valence-electron chi connectivity index (χ4n) is 3.79. The third-order valence-corrected chi connectivity index (χ3v) is 5.74. The second kappa shape index (κ2) is 13.9. The SMILES string of the molecule is CCCC/C=C/OC(=O)Oc1c2ccccc2c(OC(=O)O/C=C/CCCC)c2cc(CC)ccc12. The highest BCUT2D eigenvalue weighted by Crippen LogP contribution is 2.43. The van der Waals surface area contributed by atoms with Crippen molar-refractivity contribution in [2.45, 2.75) is 65.7 Å². The summed E-state index contributed by atoms with van der Waals surface area (Å²) in [4.78, 5) is 25.0. The minimum Gasteiger partial charge on any atom is -0.403 e. The van der Waals surface area contributed by atoms with Crippen LogP contribution in [-0.2, 0) is 15.9 Å². The van der Waals surface area contributed by atoms with Gasteiger partial charge in [0.15, 0.2) is 0 Å². The summed E-state index contributed by atoms with van der Waals surface area (Å²) in [6, 6.07) is 13.0. The van der Waals surface area contributed by atoms with Gasteiger partial charge in [-0.05, 0) is 55.9 Å². The summed E-state index contributed by atoms with van der Waals surface area (Å²) in [5.74, 6) is 0.693. The Morgan fingerprint density at radius 1 is 0.694 bits per heavy atom. The Kier molecular flexibility index (Phi) is 10.4. The summed E-state index contributed by atoms with van der Waals surface area (Å²) in [5, 5.41) is 2.49. The van der Waals surface area contributed by atoms with Gasteiger partial charge >= 0.3 is 12.3 Å². The maximum Gasteiger partial charge on any atom is 0.518 e. The van der Waals surface area contributed by atoms with E-state index in [1.54, 1.807) is 12.2 Å². The van der Waals surface area contributed by atoms with Gasteiger partial charge in [-0.1, -0.05) is 70.0 Å². The molecule has 190 valence electrons. The standard InChI is InChI=1S/C30H34O6/c1-4-7-9-13-19-33-29(31)35-27-23-15-11-12-16-24(23)28(26-21-22(6-3)17-18-25(26)27)36-30(32)34-20-14-10-8-5-2/h11-21H,4-10H2,1-3H3/b19-13+,20-14+. The number of rotatable bonds is 11. The lowest BCUT2D eigenvalue weighted by atomic mass is 9.98. The van der Waals surface area contributed by atoms with Crippen LogP contribution in [-0.4, -0.2) is 12.3 Å². The number of ether oxygens (including phenoxy) is 4. The Hall–Kier alpha value is -3.80. The molecule has 0 saturated carbocycles. The Labute approximate surface area is 212 Å². The highest BCUT2D eigenvalue weighted by atomic mass is 16.7. The molecule has 0 radical (unpaired) electrons. The fraction of sp³-hybridized carbons (Fsp3) is 0.333. The van der Waals surface area contributed by atoms with Crippen molar-refractivity contribution in [3.8, 4) is 11.5 Å². The lowest BCUT2D eigenvalue weighted by Crippen LogP contribution is -2.10. The molecule has 0 N–H and O–H groups in total. The van der Waals surface area contributed by atoms with Crippen LogP contribution in [0.3, 0.4) is 0 Å². The van der Waals surface area contributed by atoms with E-state index in [2.05, 4.69) is 13.8 Å². The Bertz CT molecular complexity index is 1240. The average Bonchev–Trinajstić information content (AvgIpc) is 2.90. The number of hydrogen-bond donors (Lipinski definition) is 0. The molecular weight excluding hydrogens is 456 g/mol. The lowest BCUT2D eigenvalue weighted by molar-refractivity contribution is 0.134. The van der Waals surface area contributed by atoms with E-state index in [0.717, 1.165) is 50.5 Å². The van der Waals surface area contributed by atoms with Crippen molar-refractivity contribution in [2.75, 3.05) is 0 Å². The highest BCUT2D eigenvalue weighted by Gasteiger charge is 2.21. The Morgan fingerprint density at radius 2 is 1.19 bits per heavy atom. The zero-order valence-electron chi connectivity index (χ0n) is 21.3. The van der Waals surface area contributed by atoms with E-state index < -0.39 is 12.3 Å². The van der Waals surface area contributed by atoms with Crippen molar-refractivity contribution < 1.29 is 28.5 Å². The molecule has 0 atom stereocenters. The van der Waals surface area contributed by atoms with Gasteiger partial charge in [0.2, 0.25) is 0 Å². The van der Waals surface area contributed by atoms with Gasteiger partial charge in [0.05, 0.1) is 12.5 Å². The van der Waals surface area contributed by atoms with E-state index >= 15 is 0 Å². The molecule has 3 aromatic carbocycles. The molecule has 0 bridgehead atoms. The second-order valence-corrected chi connectivity index (χ2v) is 8.41. The molecule has 0 aliphatic heterocycles. The zero-order chi connectivity index (χ0) is 25.8. The number of allylic oxidation sites excluding steroid dienone is 2. The molecular formula is C30H34O6. The first kappa shape index (κ1) is 26.8. The van der Waals surface area contributed by atoms with Gasteiger partial charge in [0, 0.05) is 21.5 Å². The predicted molar refractivity (Wildman–Crippen MR) is 142 cm³/mol. The number of fused-ring (bicyclic) bond motifs is 2. The maximum atomic E-state index is 12.5. The molecule has 3 aromatic rings. The largest absolute Gasteiger partial charge is 0.518 e. The topological polar surface area (TPSA) is 71.1 Å². The summed E-state index contributed by atoms with van der Waals surface area (Å²) >= 11 is 0. The first-order chi connectivity index (χ1) is 17.6. The van der Waals surface area contributed by atoms with Crippen LogP contribution in [0.5, 0.6) is 11.5 Å². The first-order valence-electron chi connectivity index (χ1n) is 12.6. The molecule has 6 heteroatoms. The second-order valence-electron chi connectivity index (χ2n) is 8.41. The number of aryl methyl sites for hydroxylation is 1. The number of carbonyl (C=O) groups is 2. The molecule has 6 nitrogen and oxygen atoms in total. The minimum atomic E-state index is -0.834. The van der Waals surface area contributed by atoms with Gasteiger partial charge < -0.3 is 18.9 Å². The maximum absolute atomic E-state index is 12.5. The molecule has 0 spiro atoms. The van der Waals surface area contributed by atoms with Gasteiger partial charge in [-0.25, -0.2) is 9.59 Å². The van der Waals surface area contributed by atoms with Crippen molar-refractivity contribution >= 4 is 33.9 Å². The summed E-state index contributed by atoms with van der Waals surface area (Å²) in [7, 11) is 0. The molecule has 0 aliphatic carbocycles. The van der Waals surface area contributed by atoms with Gasteiger partial charge in [0.1, 0.15) is 11.5 Å². The van der Waals surface area contributed by atoms with Crippen LogP contribution >= 0.6 is 0 Å². The molecule has 36 heavy (non-hydrogen) atoms. The summed E-state index contributed by atoms with van der Waals surface area (Å²) in [6.07, 6.45) is 11.2. The Morgan fingerprint density at radius 3 is 1.69 bits per heavy atom. The molecule has 0 unspecified atom stereocenters. The van der Waals surface area contributed by atoms with Crippen molar-refractivity contribution in [3.05, 3.63) is 72.7 Å². The lowest BCUT2D eigenvalue weighted by Gasteiger charge is -2.16. The molecule has 0 aromatic heterocycles. The highest BCUT2D eigenvalue weighted by molar-refractivity contribution is 6.12. The quantitative estimate of drug-likeness (QED) is 0.0878. The van der Waals surface area contributed by atoms with E-state index in [0.29, 0.717) is 33.0 Å². The van der Waals surface area contributed by atoms with Gasteiger partial charge in [-0.2, -0.15) is 0 Å². The monoisotopic (exact) mass is 490 g/mol. The Balaban J connectivity index is 1.98. The average molecular weight is 491 g/mol. The smallest absolute Gasteiger partial charge is 0.403 e. The van der Waals surface area contributed by atoms with E-state index in [4.69, 9.17) is 18.9 Å². The zero-order valence-corrected chi connectivity index (χ0v) is 21.3. The predicted octanol–water partition coefficient (Wildman–Crippen LogP) is 8.99. The summed E-state index contributed by atoms with van der Waals surface area (Å²) < 4.78 is 21.7. The van der Waals surface area contributed by atoms with Crippen LogP contribution < -0.4 is 9.47 Å². The normalized spacial score (nSPS) is 11.4. The van der Waals surface area contributed by atoms with Gasteiger partial charge in [0.25, 0.3) is 0 Å². The van der Waals surface area contributed by atoms with Crippen molar-refractivity contribution in [1.29, 1.82) is 0 Å². The van der Waals surface area contributed by atoms with Gasteiger partial charge in [-0.3, -0.25) is 0 Å². The third-order valence-electron chi connectivity index (χ3n) is 5.74. The number of unbranched alkanes of at least 4 members (excludes halogenated alkanes) is 4. The van der Waals surface area contributed by atoms with Gasteiger partial charge in [-0.15, -0.1) is 0 Å². The van der Waals surface area contributed by atoms with E-state index in [1.165, 1.54) is 12.5 Å². The van der Waals surface area contributed by atoms with Crippen LogP contribution in [0, 0.1) is 0 Å². The molecule has 0 saturated heterocycles. The summed E-state index contributed by atoms with van der Waals surface area (Å²) in [6.45, 7) is 6.24. The van der Waals surface area contributed by atoms with Crippen molar-refractivity contribution in [3.63, 3.8) is 0 Å². The summed E-state index contributed by atoms with van der Waals surface area (Å²) in [5.41, 5.74) is 1.04. The number of carbonyl (C=O) groups excluding carboxylic acids is 2. The number of hydrogen-bond acceptors (Lipinski definition) is 6. The van der Waals surface area contributed by atoms with Crippen molar-refractivity contribution in [1.82, 2.24) is 0 Å². The first-order valence-corrected chi connectivity index (χ1v) is 12.6. The number of benzene rings is 3. The molecule has 3 rings (SSSR count). The van der Waals surface area contributed by atoms with Crippen LogP contribution in [0.15, 0.2) is 67.1 Å².